The maximum Gasteiger partial charge on any atom is 0.243 e. The number of nitrogens with two attached hydrogens (primary N) is 2. The van der Waals surface area contributed by atoms with E-state index >= 15 is 0 Å². The molecule has 31 heavy (non-hydrogen) atoms. The van der Waals surface area contributed by atoms with E-state index in [0.717, 1.165) is 0 Å². The van der Waals surface area contributed by atoms with E-state index in [0.29, 0.717) is 38.5 Å². The van der Waals surface area contributed by atoms with E-state index in [4.69, 9.17) is 11.5 Å². The Kier molecular flexibility index (Phi) is 13.9. The van der Waals surface area contributed by atoms with Gasteiger partial charge in [-0.3, -0.25) is 19.4 Å². The molecule has 0 radical (unpaired) electrons. The lowest BCUT2D eigenvalue weighted by Crippen LogP contribution is -2.55. The molecule has 3 atom stereocenters. The Morgan fingerprint density at radius 3 is 1.87 bits per heavy atom. The zero-order valence-corrected chi connectivity index (χ0v) is 19.4. The van der Waals surface area contributed by atoms with E-state index in [1.54, 1.807) is 6.92 Å². The Morgan fingerprint density at radius 2 is 1.42 bits per heavy atom. The van der Waals surface area contributed by atoms with Gasteiger partial charge in [0.05, 0.1) is 6.04 Å². The van der Waals surface area contributed by atoms with Crippen LogP contribution in [0.4, 0.5) is 0 Å². The van der Waals surface area contributed by atoms with Gasteiger partial charge in [0.15, 0.2) is 5.96 Å². The predicted molar refractivity (Wildman–Crippen MR) is 121 cm³/mol. The number of hydrogen-bond acceptors (Lipinski definition) is 5. The summed E-state index contributed by atoms with van der Waals surface area (Å²) in [6.45, 7) is 9.83. The van der Waals surface area contributed by atoms with Gasteiger partial charge < -0.3 is 32.2 Å². The van der Waals surface area contributed by atoms with E-state index in [1.807, 2.05) is 27.7 Å². The Hall–Kier alpha value is -2.65. The first-order valence-corrected chi connectivity index (χ1v) is 10.9. The molecule has 0 aromatic rings. The minimum atomic E-state index is -0.819. The van der Waals surface area contributed by atoms with Gasteiger partial charge in [0.2, 0.25) is 17.7 Å². The molecule has 0 rings (SSSR count). The third kappa shape index (κ3) is 13.3. The van der Waals surface area contributed by atoms with Gasteiger partial charge in [-0.2, -0.15) is 0 Å². The lowest BCUT2D eigenvalue weighted by molar-refractivity contribution is -0.133. The van der Waals surface area contributed by atoms with Crippen LogP contribution in [0.25, 0.3) is 0 Å². The normalized spacial score (nSPS) is 13.8. The number of carbonyl (C=O) groups excluding carboxylic acids is 4. The van der Waals surface area contributed by atoms with Crippen LogP contribution >= 0.6 is 0 Å². The maximum atomic E-state index is 12.8. The van der Waals surface area contributed by atoms with E-state index in [-0.39, 0.29) is 30.1 Å². The lowest BCUT2D eigenvalue weighted by atomic mass is 9.99. The first-order valence-electron chi connectivity index (χ1n) is 10.9. The molecule has 0 saturated heterocycles. The van der Waals surface area contributed by atoms with Crippen molar-refractivity contribution in [3.8, 4) is 0 Å². The van der Waals surface area contributed by atoms with E-state index < -0.39 is 29.9 Å². The van der Waals surface area contributed by atoms with Gasteiger partial charge in [0.25, 0.3) is 0 Å². The molecule has 0 saturated carbocycles. The summed E-state index contributed by atoms with van der Waals surface area (Å²) in [4.78, 5) is 52.7. The summed E-state index contributed by atoms with van der Waals surface area (Å²) in [6, 6.07) is -2.25. The molecule has 178 valence electrons. The fraction of sp³-hybridized carbons (Fsp3) is 0.762. The Bertz CT molecular complexity index is 617. The first-order chi connectivity index (χ1) is 14.5. The Balaban J connectivity index is 5.16. The molecule has 0 spiro atoms. The number of nitrogens with one attached hydrogen (secondary N) is 3. The monoisotopic (exact) mass is 440 g/mol. The van der Waals surface area contributed by atoms with Gasteiger partial charge in [0.1, 0.15) is 18.4 Å². The summed E-state index contributed by atoms with van der Waals surface area (Å²) in [6.07, 6.45) is 2.66. The van der Waals surface area contributed by atoms with Crippen molar-refractivity contribution in [1.29, 1.82) is 0 Å². The molecule has 0 aliphatic heterocycles. The third-order valence-corrected chi connectivity index (χ3v) is 4.48. The minimum absolute atomic E-state index is 0.0301. The van der Waals surface area contributed by atoms with Crippen LogP contribution in [0.3, 0.4) is 0 Å². The van der Waals surface area contributed by atoms with Crippen LogP contribution < -0.4 is 27.4 Å². The number of amides is 3. The zero-order valence-electron chi connectivity index (χ0n) is 19.4. The molecule has 3 amide bonds. The van der Waals surface area contributed by atoms with Crippen LogP contribution in [0, 0.1) is 11.8 Å². The van der Waals surface area contributed by atoms with Crippen LogP contribution in [0.2, 0.25) is 0 Å². The second kappa shape index (κ2) is 15.2. The molecule has 2 unspecified atom stereocenters. The van der Waals surface area contributed by atoms with Crippen molar-refractivity contribution in [3.05, 3.63) is 0 Å². The average Bonchev–Trinajstić information content (AvgIpc) is 2.67. The van der Waals surface area contributed by atoms with Gasteiger partial charge >= 0.3 is 0 Å². The summed E-state index contributed by atoms with van der Waals surface area (Å²) in [5, 5.41) is 8.15. The van der Waals surface area contributed by atoms with Crippen molar-refractivity contribution in [2.75, 3.05) is 6.54 Å². The highest BCUT2D eigenvalue weighted by atomic mass is 16.2. The summed E-state index contributed by atoms with van der Waals surface area (Å²) in [7, 11) is 0. The van der Waals surface area contributed by atoms with Gasteiger partial charge in [-0.25, -0.2) is 0 Å². The quantitative estimate of drug-likeness (QED) is 0.105. The number of nitrogens with zero attached hydrogens (tertiary/aromatic N) is 1. The van der Waals surface area contributed by atoms with Crippen molar-refractivity contribution in [3.63, 3.8) is 0 Å². The minimum Gasteiger partial charge on any atom is -0.370 e. The molecule has 10 nitrogen and oxygen atoms in total. The molecular weight excluding hydrogens is 400 g/mol. The molecule has 7 N–H and O–H groups in total. The second-order valence-corrected chi connectivity index (χ2v) is 8.49. The number of aliphatic imine (C=N–C) groups is 1. The molecule has 0 heterocycles. The molecule has 0 aromatic carbocycles. The van der Waals surface area contributed by atoms with Crippen LogP contribution in [-0.4, -0.2) is 54.6 Å². The number of aldehydes is 1. The second-order valence-electron chi connectivity index (χ2n) is 8.49. The van der Waals surface area contributed by atoms with E-state index in [2.05, 4.69) is 20.9 Å². The van der Waals surface area contributed by atoms with E-state index in [9.17, 15) is 19.2 Å². The highest BCUT2D eigenvalue weighted by Crippen LogP contribution is 2.10. The number of guanidine groups is 1. The van der Waals surface area contributed by atoms with Crippen LogP contribution in [0.5, 0.6) is 0 Å². The summed E-state index contributed by atoms with van der Waals surface area (Å²) >= 11 is 0. The fourth-order valence-electron chi connectivity index (χ4n) is 2.95. The van der Waals surface area contributed by atoms with Crippen molar-refractivity contribution >= 4 is 30.0 Å². The van der Waals surface area contributed by atoms with Gasteiger partial charge in [-0.15, -0.1) is 0 Å². The summed E-state index contributed by atoms with van der Waals surface area (Å²) < 4.78 is 0. The Labute approximate surface area is 185 Å². The number of carbonyl (C=O) groups is 4. The first kappa shape index (κ1) is 28.4. The summed E-state index contributed by atoms with van der Waals surface area (Å²) in [5.74, 6) is -0.806. The van der Waals surface area contributed by atoms with E-state index in [1.165, 1.54) is 0 Å². The molecule has 0 aliphatic carbocycles. The van der Waals surface area contributed by atoms with Crippen molar-refractivity contribution in [1.82, 2.24) is 16.0 Å². The van der Waals surface area contributed by atoms with Crippen LogP contribution in [-0.2, 0) is 19.2 Å². The Morgan fingerprint density at radius 1 is 0.903 bits per heavy atom. The van der Waals surface area contributed by atoms with Crippen molar-refractivity contribution < 1.29 is 19.2 Å². The number of hydrogen-bond donors (Lipinski definition) is 5. The van der Waals surface area contributed by atoms with Gasteiger partial charge in [-0.1, -0.05) is 34.6 Å². The molecule has 0 aliphatic rings. The van der Waals surface area contributed by atoms with Gasteiger partial charge in [0, 0.05) is 13.0 Å². The van der Waals surface area contributed by atoms with Crippen molar-refractivity contribution in [2.24, 2.45) is 28.3 Å². The number of rotatable bonds is 15. The SMILES string of the molecule is CCC(=O)NC(CC(C)C)C(=O)NC(CC(C)C)C(=O)N[C@H](C=O)CCCN=C(N)N. The zero-order chi connectivity index (χ0) is 24.0. The molecule has 0 fully saturated rings. The molecule has 0 bridgehead atoms. The molecule has 10 heteroatoms. The third-order valence-electron chi connectivity index (χ3n) is 4.48. The smallest absolute Gasteiger partial charge is 0.243 e. The summed E-state index contributed by atoms with van der Waals surface area (Å²) in [5.41, 5.74) is 10.5. The highest BCUT2D eigenvalue weighted by molar-refractivity contribution is 5.92. The highest BCUT2D eigenvalue weighted by Gasteiger charge is 2.28. The lowest BCUT2D eigenvalue weighted by Gasteiger charge is -2.26. The van der Waals surface area contributed by atoms with Crippen LogP contribution in [0.15, 0.2) is 4.99 Å². The molecular formula is C21H40N6O4. The van der Waals surface area contributed by atoms with Gasteiger partial charge in [-0.05, 0) is 37.5 Å². The van der Waals surface area contributed by atoms with Crippen LogP contribution in [0.1, 0.15) is 66.7 Å². The maximum absolute atomic E-state index is 12.8. The standard InChI is InChI=1S/C21H40N6O4/c1-6-18(29)26-16(10-13(2)3)20(31)27-17(11-14(4)5)19(30)25-15(12-28)8-7-9-24-21(22)23/h12-17H,6-11H2,1-5H3,(H,25,30)(H,26,29)(H,27,31)(H4,22,23,24)/t15-,16?,17?/m0/s1. The largest absolute Gasteiger partial charge is 0.370 e. The molecule has 0 aromatic heterocycles. The van der Waals surface area contributed by atoms with Crippen molar-refractivity contribution in [2.45, 2.75) is 84.8 Å². The average molecular weight is 441 g/mol. The predicted octanol–water partition coefficient (Wildman–Crippen LogP) is 0.196. The fourth-order valence-corrected chi connectivity index (χ4v) is 2.95. The topological polar surface area (TPSA) is 169 Å².